The van der Waals surface area contributed by atoms with Crippen LogP contribution in [0.25, 0.3) is 0 Å². The molecule has 0 bridgehead atoms. The Balaban J connectivity index is 1.80. The Kier molecular flexibility index (Phi) is 7.19. The van der Waals surface area contributed by atoms with E-state index in [4.69, 9.17) is 17.0 Å². The normalized spacial score (nSPS) is 10.4. The lowest BCUT2D eigenvalue weighted by atomic mass is 9.98. The summed E-state index contributed by atoms with van der Waals surface area (Å²) in [5, 5.41) is 3.38. The van der Waals surface area contributed by atoms with Gasteiger partial charge in [-0.3, -0.25) is 15.6 Å². The second-order valence-electron chi connectivity index (χ2n) is 6.84. The molecule has 144 valence electrons. The molecule has 6 heteroatoms. The summed E-state index contributed by atoms with van der Waals surface area (Å²) in [5.74, 6) is 0.811. The van der Waals surface area contributed by atoms with Gasteiger partial charge in [-0.25, -0.2) is 0 Å². The van der Waals surface area contributed by atoms with E-state index < -0.39 is 0 Å². The van der Waals surface area contributed by atoms with Crippen LogP contribution in [0.5, 0.6) is 5.75 Å². The highest BCUT2D eigenvalue weighted by Gasteiger charge is 2.08. The molecule has 0 heterocycles. The third kappa shape index (κ3) is 5.96. The van der Waals surface area contributed by atoms with Gasteiger partial charge in [-0.05, 0) is 79.4 Å². The predicted molar refractivity (Wildman–Crippen MR) is 114 cm³/mol. The molecule has 0 fully saturated rings. The van der Waals surface area contributed by atoms with Crippen LogP contribution in [0.15, 0.2) is 36.4 Å². The largest absolute Gasteiger partial charge is 0.484 e. The zero-order valence-corrected chi connectivity index (χ0v) is 17.3. The van der Waals surface area contributed by atoms with Crippen LogP contribution in [0.1, 0.15) is 42.0 Å². The van der Waals surface area contributed by atoms with E-state index in [9.17, 15) is 4.79 Å². The summed E-state index contributed by atoms with van der Waals surface area (Å²) in [6, 6.07) is 11.8. The number of nitrogens with one attached hydrogen (secondary N) is 3. The molecule has 0 saturated heterocycles. The highest BCUT2D eigenvalue weighted by molar-refractivity contribution is 7.80. The zero-order valence-electron chi connectivity index (χ0n) is 16.5. The van der Waals surface area contributed by atoms with E-state index in [-0.39, 0.29) is 12.5 Å². The van der Waals surface area contributed by atoms with Crippen molar-refractivity contribution in [3.63, 3.8) is 0 Å². The Morgan fingerprint density at radius 1 is 1.07 bits per heavy atom. The minimum Gasteiger partial charge on any atom is -0.484 e. The van der Waals surface area contributed by atoms with Crippen molar-refractivity contribution < 1.29 is 9.53 Å². The molecule has 0 saturated carbocycles. The van der Waals surface area contributed by atoms with Gasteiger partial charge in [0.15, 0.2) is 11.7 Å². The maximum Gasteiger partial charge on any atom is 0.276 e. The molecular weight excluding hydrogens is 358 g/mol. The first-order valence-corrected chi connectivity index (χ1v) is 9.34. The molecular formula is C21H27N3O2S. The van der Waals surface area contributed by atoms with E-state index >= 15 is 0 Å². The number of hydrazine groups is 1. The van der Waals surface area contributed by atoms with E-state index in [0.717, 1.165) is 16.8 Å². The van der Waals surface area contributed by atoms with Crippen LogP contribution in [-0.4, -0.2) is 17.6 Å². The molecule has 1 amide bonds. The highest BCUT2D eigenvalue weighted by atomic mass is 32.1. The molecule has 3 N–H and O–H groups in total. The SMILES string of the molecule is Cc1cc(OCC(=O)NNC(=S)Nc2cccc(C)c2C)ccc1C(C)C. The fourth-order valence-corrected chi connectivity index (χ4v) is 2.90. The number of amides is 1. The first-order chi connectivity index (χ1) is 12.8. The number of anilines is 1. The van der Waals surface area contributed by atoms with E-state index in [1.54, 1.807) is 0 Å². The number of rotatable bonds is 5. The fraction of sp³-hybridized carbons (Fsp3) is 0.333. The van der Waals surface area contributed by atoms with E-state index in [0.29, 0.717) is 16.8 Å². The van der Waals surface area contributed by atoms with Crippen LogP contribution < -0.4 is 20.9 Å². The van der Waals surface area contributed by atoms with Crippen molar-refractivity contribution in [1.82, 2.24) is 10.9 Å². The van der Waals surface area contributed by atoms with Gasteiger partial charge in [-0.15, -0.1) is 0 Å². The van der Waals surface area contributed by atoms with Crippen molar-refractivity contribution in [2.45, 2.75) is 40.5 Å². The summed E-state index contributed by atoms with van der Waals surface area (Å²) in [6.45, 7) is 10.3. The Labute approximate surface area is 166 Å². The van der Waals surface area contributed by atoms with Crippen molar-refractivity contribution in [3.05, 3.63) is 58.7 Å². The number of aryl methyl sites for hydroxylation is 2. The average Bonchev–Trinajstić information content (AvgIpc) is 2.62. The van der Waals surface area contributed by atoms with Gasteiger partial charge in [-0.1, -0.05) is 32.0 Å². The van der Waals surface area contributed by atoms with Crippen molar-refractivity contribution >= 4 is 28.9 Å². The molecule has 2 aromatic rings. The van der Waals surface area contributed by atoms with Gasteiger partial charge in [-0.2, -0.15) is 0 Å². The molecule has 0 spiro atoms. The molecule has 0 aromatic heterocycles. The van der Waals surface area contributed by atoms with Crippen LogP contribution in [0.4, 0.5) is 5.69 Å². The smallest absolute Gasteiger partial charge is 0.276 e. The van der Waals surface area contributed by atoms with Gasteiger partial charge in [0.2, 0.25) is 0 Å². The van der Waals surface area contributed by atoms with E-state index in [2.05, 4.69) is 30.0 Å². The maximum atomic E-state index is 12.0. The Bertz CT molecular complexity index is 834. The number of hydrogen-bond donors (Lipinski definition) is 3. The number of carbonyl (C=O) groups excluding carboxylic acids is 1. The van der Waals surface area contributed by atoms with E-state index in [1.807, 2.05) is 57.2 Å². The lowest BCUT2D eigenvalue weighted by molar-refractivity contribution is -0.123. The van der Waals surface area contributed by atoms with Crippen LogP contribution in [-0.2, 0) is 4.79 Å². The van der Waals surface area contributed by atoms with Crippen LogP contribution >= 0.6 is 12.2 Å². The molecule has 0 aliphatic heterocycles. The third-order valence-electron chi connectivity index (χ3n) is 4.40. The lowest BCUT2D eigenvalue weighted by Gasteiger charge is -2.15. The van der Waals surface area contributed by atoms with Gasteiger partial charge < -0.3 is 10.1 Å². The second-order valence-corrected chi connectivity index (χ2v) is 7.24. The van der Waals surface area contributed by atoms with Crippen molar-refractivity contribution in [1.29, 1.82) is 0 Å². The summed E-state index contributed by atoms with van der Waals surface area (Å²) < 4.78 is 5.55. The standard InChI is InChI=1S/C21H27N3O2S/c1-13(2)18-10-9-17(11-15(18)4)26-12-20(25)23-24-21(27)22-19-8-6-7-14(3)16(19)5/h6-11,13H,12H2,1-5H3,(H,23,25)(H2,22,24,27). The van der Waals surface area contributed by atoms with Crippen molar-refractivity contribution in [2.24, 2.45) is 0 Å². The lowest BCUT2D eigenvalue weighted by Crippen LogP contribution is -2.45. The number of carbonyl (C=O) groups is 1. The minimum atomic E-state index is -0.314. The quantitative estimate of drug-likeness (QED) is 0.534. The Morgan fingerprint density at radius 3 is 2.48 bits per heavy atom. The zero-order chi connectivity index (χ0) is 20.0. The van der Waals surface area contributed by atoms with Crippen LogP contribution in [0.2, 0.25) is 0 Å². The molecule has 0 aliphatic carbocycles. The van der Waals surface area contributed by atoms with Gasteiger partial charge in [0, 0.05) is 5.69 Å². The van der Waals surface area contributed by atoms with Gasteiger partial charge >= 0.3 is 0 Å². The molecule has 0 atom stereocenters. The summed E-state index contributed by atoms with van der Waals surface area (Å²) in [5.41, 5.74) is 10.8. The second kappa shape index (κ2) is 9.37. The van der Waals surface area contributed by atoms with Crippen LogP contribution in [0.3, 0.4) is 0 Å². The highest BCUT2D eigenvalue weighted by Crippen LogP contribution is 2.23. The number of thiocarbonyl (C=S) groups is 1. The summed E-state index contributed by atoms with van der Waals surface area (Å²) in [4.78, 5) is 12.0. The number of benzene rings is 2. The van der Waals surface area contributed by atoms with Crippen LogP contribution in [0, 0.1) is 20.8 Å². The molecule has 5 nitrogen and oxygen atoms in total. The molecule has 0 aliphatic rings. The molecule has 27 heavy (non-hydrogen) atoms. The minimum absolute atomic E-state index is 0.0977. The maximum absolute atomic E-state index is 12.0. The van der Waals surface area contributed by atoms with Gasteiger partial charge in [0.25, 0.3) is 5.91 Å². The fourth-order valence-electron chi connectivity index (χ4n) is 2.74. The van der Waals surface area contributed by atoms with Crippen molar-refractivity contribution in [2.75, 3.05) is 11.9 Å². The van der Waals surface area contributed by atoms with Gasteiger partial charge in [0.1, 0.15) is 5.75 Å². The Hall–Kier alpha value is -2.60. The first kappa shape index (κ1) is 20.7. The molecule has 0 unspecified atom stereocenters. The third-order valence-corrected chi connectivity index (χ3v) is 4.61. The summed E-state index contributed by atoms with van der Waals surface area (Å²) in [6.07, 6.45) is 0. The van der Waals surface area contributed by atoms with Crippen molar-refractivity contribution in [3.8, 4) is 5.75 Å². The predicted octanol–water partition coefficient (Wildman–Crippen LogP) is 4.13. The van der Waals surface area contributed by atoms with E-state index in [1.165, 1.54) is 11.1 Å². The number of ether oxygens (including phenoxy) is 1. The molecule has 2 aromatic carbocycles. The molecule has 0 radical (unpaired) electrons. The summed E-state index contributed by atoms with van der Waals surface area (Å²) >= 11 is 5.21. The topological polar surface area (TPSA) is 62.4 Å². The number of hydrogen-bond acceptors (Lipinski definition) is 3. The Morgan fingerprint density at radius 2 is 1.81 bits per heavy atom. The summed E-state index contributed by atoms with van der Waals surface area (Å²) in [7, 11) is 0. The average molecular weight is 386 g/mol. The first-order valence-electron chi connectivity index (χ1n) is 8.93. The van der Waals surface area contributed by atoms with Gasteiger partial charge in [0.05, 0.1) is 0 Å². The monoisotopic (exact) mass is 385 g/mol. The molecule has 2 rings (SSSR count).